The Morgan fingerprint density at radius 2 is 0.881 bits per heavy atom. The van der Waals surface area contributed by atoms with Gasteiger partial charge in [-0.05, 0) is 97.7 Å². The molecule has 196 valence electrons. The molecule has 0 aliphatic heterocycles. The molecule has 2 heteroatoms. The molecule has 0 spiro atoms. The van der Waals surface area contributed by atoms with Gasteiger partial charge in [0.2, 0.25) is 0 Å². The van der Waals surface area contributed by atoms with Gasteiger partial charge in [-0.15, -0.1) is 0 Å². The van der Waals surface area contributed by atoms with Gasteiger partial charge in [0.05, 0.1) is 0 Å². The van der Waals surface area contributed by atoms with Crippen LogP contribution in [-0.4, -0.2) is 0 Å². The topological polar surface area (TPSA) is 16.4 Å². The molecule has 42 heavy (non-hydrogen) atoms. The highest BCUT2D eigenvalue weighted by Crippen LogP contribution is 2.40. The van der Waals surface area contributed by atoms with Crippen LogP contribution in [0, 0.1) is 0 Å². The quantitative estimate of drug-likeness (QED) is 0.209. The highest BCUT2D eigenvalue weighted by Gasteiger charge is 2.15. The standard InChI is InChI=1S/C40H25NO/c1-2-9-30(10-3-1)41(31-18-20-34-27(22-31)15-14-26-8-4-5-11-33(26)34)32-19-21-35-28(23-32)16-17-29-24-40-38(25-37(29)35)36-12-6-7-13-39(36)42-40/h1-25H. The lowest BCUT2D eigenvalue weighted by Gasteiger charge is -2.26. The predicted octanol–water partition coefficient (Wildman–Crippen LogP) is 11.7. The minimum Gasteiger partial charge on any atom is -0.456 e. The fourth-order valence-electron chi connectivity index (χ4n) is 6.57. The van der Waals surface area contributed by atoms with Crippen LogP contribution >= 0.6 is 0 Å². The maximum atomic E-state index is 6.17. The van der Waals surface area contributed by atoms with Crippen molar-refractivity contribution in [3.8, 4) is 0 Å². The molecule has 1 aromatic heterocycles. The van der Waals surface area contributed by atoms with Crippen molar-refractivity contribution in [2.45, 2.75) is 0 Å². The Morgan fingerprint density at radius 3 is 1.64 bits per heavy atom. The van der Waals surface area contributed by atoms with Crippen molar-refractivity contribution in [2.24, 2.45) is 0 Å². The number of rotatable bonds is 3. The van der Waals surface area contributed by atoms with E-state index >= 15 is 0 Å². The molecular formula is C40H25NO. The minimum atomic E-state index is 0.927. The van der Waals surface area contributed by atoms with E-state index in [-0.39, 0.29) is 0 Å². The van der Waals surface area contributed by atoms with Gasteiger partial charge in [0, 0.05) is 27.8 Å². The van der Waals surface area contributed by atoms with Crippen molar-refractivity contribution in [1.82, 2.24) is 0 Å². The van der Waals surface area contributed by atoms with E-state index in [4.69, 9.17) is 4.42 Å². The van der Waals surface area contributed by atoms with E-state index in [9.17, 15) is 0 Å². The molecule has 8 aromatic carbocycles. The summed E-state index contributed by atoms with van der Waals surface area (Å²) < 4.78 is 6.17. The van der Waals surface area contributed by atoms with E-state index in [0.29, 0.717) is 0 Å². The highest BCUT2D eigenvalue weighted by molar-refractivity contribution is 6.17. The number of hydrogen-bond acceptors (Lipinski definition) is 2. The second kappa shape index (κ2) is 8.95. The van der Waals surface area contributed by atoms with Crippen molar-refractivity contribution in [3.05, 3.63) is 152 Å². The molecule has 0 amide bonds. The van der Waals surface area contributed by atoms with E-state index < -0.39 is 0 Å². The zero-order valence-electron chi connectivity index (χ0n) is 22.8. The predicted molar refractivity (Wildman–Crippen MR) is 178 cm³/mol. The van der Waals surface area contributed by atoms with Gasteiger partial charge in [0.25, 0.3) is 0 Å². The first-order chi connectivity index (χ1) is 20.8. The summed E-state index contributed by atoms with van der Waals surface area (Å²) in [6.07, 6.45) is 0. The largest absolute Gasteiger partial charge is 0.456 e. The lowest BCUT2D eigenvalue weighted by atomic mass is 9.98. The third kappa shape index (κ3) is 3.52. The zero-order valence-corrected chi connectivity index (χ0v) is 22.8. The maximum Gasteiger partial charge on any atom is 0.136 e. The Morgan fingerprint density at radius 1 is 0.310 bits per heavy atom. The molecule has 2 nitrogen and oxygen atoms in total. The zero-order chi connectivity index (χ0) is 27.6. The van der Waals surface area contributed by atoms with Crippen molar-refractivity contribution < 1.29 is 4.42 Å². The molecule has 0 unspecified atom stereocenters. The first-order valence-electron chi connectivity index (χ1n) is 14.3. The van der Waals surface area contributed by atoms with Crippen LogP contribution in [0.1, 0.15) is 0 Å². The van der Waals surface area contributed by atoms with Gasteiger partial charge < -0.3 is 9.32 Å². The summed E-state index contributed by atoms with van der Waals surface area (Å²) in [6.45, 7) is 0. The summed E-state index contributed by atoms with van der Waals surface area (Å²) in [5.74, 6) is 0. The number of fused-ring (bicyclic) bond motifs is 9. The molecule has 0 saturated carbocycles. The fraction of sp³-hybridized carbons (Fsp3) is 0. The normalized spacial score (nSPS) is 11.8. The smallest absolute Gasteiger partial charge is 0.136 e. The van der Waals surface area contributed by atoms with E-state index in [2.05, 4.69) is 144 Å². The van der Waals surface area contributed by atoms with Crippen LogP contribution in [0.25, 0.3) is 65.0 Å². The van der Waals surface area contributed by atoms with Crippen molar-refractivity contribution >= 4 is 82.1 Å². The fourth-order valence-corrected chi connectivity index (χ4v) is 6.57. The number of benzene rings is 8. The Kier molecular flexibility index (Phi) is 4.93. The van der Waals surface area contributed by atoms with Crippen LogP contribution in [0.2, 0.25) is 0 Å². The van der Waals surface area contributed by atoms with Crippen LogP contribution in [0.3, 0.4) is 0 Å². The molecule has 0 aliphatic carbocycles. The average molecular weight is 536 g/mol. The Hall–Kier alpha value is -5.60. The summed E-state index contributed by atoms with van der Waals surface area (Å²) in [6, 6.07) is 54.5. The highest BCUT2D eigenvalue weighted by atomic mass is 16.3. The SMILES string of the molecule is c1ccc(N(c2ccc3c(ccc4ccccc43)c2)c2ccc3c(ccc4cc5oc6ccccc6c5cc43)c2)cc1. The molecule has 9 aromatic rings. The Labute approximate surface area is 242 Å². The van der Waals surface area contributed by atoms with Gasteiger partial charge in [-0.2, -0.15) is 0 Å². The molecular weight excluding hydrogens is 510 g/mol. The van der Waals surface area contributed by atoms with E-state index in [0.717, 1.165) is 39.0 Å². The molecule has 0 fully saturated rings. The molecule has 0 saturated heterocycles. The summed E-state index contributed by atoms with van der Waals surface area (Å²) >= 11 is 0. The van der Waals surface area contributed by atoms with Gasteiger partial charge >= 0.3 is 0 Å². The van der Waals surface area contributed by atoms with Crippen LogP contribution in [-0.2, 0) is 0 Å². The van der Waals surface area contributed by atoms with Crippen LogP contribution < -0.4 is 4.90 Å². The molecule has 0 bridgehead atoms. The second-order valence-corrected chi connectivity index (χ2v) is 11.0. The van der Waals surface area contributed by atoms with Gasteiger partial charge in [-0.25, -0.2) is 0 Å². The van der Waals surface area contributed by atoms with Crippen molar-refractivity contribution in [3.63, 3.8) is 0 Å². The van der Waals surface area contributed by atoms with Gasteiger partial charge in [0.15, 0.2) is 0 Å². The van der Waals surface area contributed by atoms with Crippen molar-refractivity contribution in [1.29, 1.82) is 0 Å². The van der Waals surface area contributed by atoms with Crippen LogP contribution in [0.4, 0.5) is 17.1 Å². The third-order valence-corrected chi connectivity index (χ3v) is 8.58. The summed E-state index contributed by atoms with van der Waals surface area (Å²) in [5, 5.41) is 12.2. The molecule has 0 aliphatic rings. The summed E-state index contributed by atoms with van der Waals surface area (Å²) in [7, 11) is 0. The monoisotopic (exact) mass is 535 g/mol. The number of furan rings is 1. The first-order valence-corrected chi connectivity index (χ1v) is 14.3. The van der Waals surface area contributed by atoms with E-state index in [1.807, 2.05) is 12.1 Å². The molecule has 0 radical (unpaired) electrons. The Balaban J connectivity index is 1.24. The lowest BCUT2D eigenvalue weighted by molar-refractivity contribution is 0.669. The van der Waals surface area contributed by atoms with Gasteiger partial charge in [-0.3, -0.25) is 0 Å². The minimum absolute atomic E-state index is 0.927. The average Bonchev–Trinajstić information content (AvgIpc) is 3.41. The summed E-state index contributed by atoms with van der Waals surface area (Å²) in [5.41, 5.74) is 5.25. The summed E-state index contributed by atoms with van der Waals surface area (Å²) in [4.78, 5) is 2.35. The third-order valence-electron chi connectivity index (χ3n) is 8.58. The number of hydrogen-bond donors (Lipinski definition) is 0. The molecule has 1 heterocycles. The Bertz CT molecular complexity index is 2470. The number of para-hydroxylation sites is 2. The number of anilines is 3. The van der Waals surface area contributed by atoms with Crippen LogP contribution in [0.15, 0.2) is 156 Å². The lowest BCUT2D eigenvalue weighted by Crippen LogP contribution is -2.09. The maximum absolute atomic E-state index is 6.17. The van der Waals surface area contributed by atoms with Crippen LogP contribution in [0.5, 0.6) is 0 Å². The van der Waals surface area contributed by atoms with Crippen molar-refractivity contribution in [2.75, 3.05) is 4.90 Å². The second-order valence-electron chi connectivity index (χ2n) is 11.0. The molecule has 0 atom stereocenters. The number of nitrogens with zero attached hydrogens (tertiary/aromatic N) is 1. The van der Waals surface area contributed by atoms with Gasteiger partial charge in [-0.1, -0.05) is 97.1 Å². The molecule has 9 rings (SSSR count). The molecule has 0 N–H and O–H groups in total. The van der Waals surface area contributed by atoms with Gasteiger partial charge in [0.1, 0.15) is 11.2 Å². The van der Waals surface area contributed by atoms with E-state index in [1.165, 1.54) is 43.1 Å². The van der Waals surface area contributed by atoms with E-state index in [1.54, 1.807) is 0 Å². The first kappa shape index (κ1) is 23.1.